The Morgan fingerprint density at radius 1 is 0.622 bits per heavy atom. The summed E-state index contributed by atoms with van der Waals surface area (Å²) < 4.78 is 0. The lowest BCUT2D eigenvalue weighted by Gasteiger charge is -2.19. The van der Waals surface area contributed by atoms with Crippen LogP contribution < -0.4 is 0 Å². The van der Waals surface area contributed by atoms with Gasteiger partial charge in [0.05, 0.1) is 11.4 Å². The molecule has 2 heteroatoms. The standard InChI is InChI=1S/C21H25N.C21H23N.CH4/c2*1-14(2)9-17-5-6-18-7-8-22-21(20(18)13-17)19-11-15(3)10-16(4)12-19;/h5-6,10-14H,7-9H2,1-4H3;5-8,10-14H,9H2,1-4H3;1H4. The van der Waals surface area contributed by atoms with E-state index in [-0.39, 0.29) is 7.43 Å². The molecule has 0 radical (unpaired) electrons. The van der Waals surface area contributed by atoms with Crippen LogP contribution in [0.25, 0.3) is 22.0 Å². The van der Waals surface area contributed by atoms with Gasteiger partial charge in [-0.05, 0) is 123 Å². The lowest BCUT2D eigenvalue weighted by atomic mass is 9.89. The predicted octanol–water partition coefficient (Wildman–Crippen LogP) is 11.2. The molecule has 0 aliphatic carbocycles. The van der Waals surface area contributed by atoms with Crippen LogP contribution in [0.2, 0.25) is 0 Å². The number of aliphatic imine (C=N–C) groups is 1. The minimum absolute atomic E-state index is 0. The van der Waals surface area contributed by atoms with Crippen LogP contribution in [-0.4, -0.2) is 17.2 Å². The second-order valence-electron chi connectivity index (χ2n) is 13.6. The molecular weight excluding hydrogens is 544 g/mol. The van der Waals surface area contributed by atoms with Crippen LogP contribution in [0.15, 0.2) is 90.1 Å². The molecule has 0 bridgehead atoms. The molecule has 2 heterocycles. The number of fused-ring (bicyclic) bond motifs is 2. The second kappa shape index (κ2) is 14.8. The van der Waals surface area contributed by atoms with E-state index >= 15 is 0 Å². The van der Waals surface area contributed by atoms with Crippen molar-refractivity contribution < 1.29 is 0 Å². The van der Waals surface area contributed by atoms with Crippen molar-refractivity contribution in [1.29, 1.82) is 0 Å². The Morgan fingerprint density at radius 3 is 1.78 bits per heavy atom. The van der Waals surface area contributed by atoms with Gasteiger partial charge < -0.3 is 0 Å². The van der Waals surface area contributed by atoms with Crippen LogP contribution in [0.3, 0.4) is 0 Å². The SMILES string of the molecule is C.Cc1cc(C)cc(-c2nccc3ccc(CC(C)C)cc23)c1.Cc1cc(C)cc(C2=NCCc3ccc(CC(C)C)cc32)c1. The first kappa shape index (κ1) is 33.8. The van der Waals surface area contributed by atoms with Crippen LogP contribution in [0.4, 0.5) is 0 Å². The lowest BCUT2D eigenvalue weighted by molar-refractivity contribution is 0.647. The number of hydrogen-bond donors (Lipinski definition) is 0. The van der Waals surface area contributed by atoms with Gasteiger partial charge in [-0.25, -0.2) is 0 Å². The maximum Gasteiger partial charge on any atom is 0.0780 e. The summed E-state index contributed by atoms with van der Waals surface area (Å²) in [6.45, 7) is 18.6. The van der Waals surface area contributed by atoms with Crippen LogP contribution in [0.1, 0.15) is 85.2 Å². The fourth-order valence-corrected chi connectivity index (χ4v) is 6.55. The third-order valence-corrected chi connectivity index (χ3v) is 8.19. The van der Waals surface area contributed by atoms with Crippen molar-refractivity contribution in [2.45, 2.75) is 82.1 Å². The Bertz CT molecular complexity index is 1760. The smallest absolute Gasteiger partial charge is 0.0780 e. The molecular formula is C43H52N2. The quantitative estimate of drug-likeness (QED) is 0.191. The van der Waals surface area contributed by atoms with Crippen LogP contribution in [0.5, 0.6) is 0 Å². The number of hydrogen-bond acceptors (Lipinski definition) is 2. The molecule has 0 spiro atoms. The summed E-state index contributed by atoms with van der Waals surface area (Å²) in [6.07, 6.45) is 5.22. The topological polar surface area (TPSA) is 25.2 Å². The fraction of sp³-hybridized carbons (Fsp3) is 0.349. The molecule has 0 unspecified atom stereocenters. The van der Waals surface area contributed by atoms with Gasteiger partial charge >= 0.3 is 0 Å². The summed E-state index contributed by atoms with van der Waals surface area (Å²) in [5.41, 5.74) is 15.5. The normalized spacial score (nSPS) is 12.4. The van der Waals surface area contributed by atoms with Crippen LogP contribution >= 0.6 is 0 Å². The molecule has 4 aromatic carbocycles. The first-order valence-corrected chi connectivity index (χ1v) is 16.3. The van der Waals surface area contributed by atoms with Gasteiger partial charge in [-0.15, -0.1) is 0 Å². The average Bonchev–Trinajstić information content (AvgIpc) is 2.95. The highest BCUT2D eigenvalue weighted by atomic mass is 14.7. The van der Waals surface area contributed by atoms with E-state index in [0.717, 1.165) is 31.5 Å². The molecule has 1 aromatic heterocycles. The third kappa shape index (κ3) is 8.57. The Kier molecular flexibility index (Phi) is 11.2. The zero-order chi connectivity index (χ0) is 31.4. The number of aromatic nitrogens is 1. The van der Waals surface area contributed by atoms with Crippen molar-refractivity contribution in [3.8, 4) is 11.3 Å². The molecule has 1 aliphatic heterocycles. The lowest BCUT2D eigenvalue weighted by Crippen LogP contribution is -2.15. The molecule has 0 amide bonds. The molecule has 234 valence electrons. The van der Waals surface area contributed by atoms with E-state index in [1.165, 1.54) is 72.1 Å². The van der Waals surface area contributed by atoms with Crippen LogP contribution in [-0.2, 0) is 19.3 Å². The summed E-state index contributed by atoms with van der Waals surface area (Å²) in [6, 6.07) is 29.3. The molecule has 0 atom stereocenters. The van der Waals surface area contributed by atoms with E-state index in [2.05, 4.69) is 139 Å². The molecule has 5 aromatic rings. The number of nitrogens with zero attached hydrogens (tertiary/aromatic N) is 2. The van der Waals surface area contributed by atoms with Crippen molar-refractivity contribution in [2.24, 2.45) is 16.8 Å². The van der Waals surface area contributed by atoms with E-state index in [4.69, 9.17) is 4.99 Å². The van der Waals surface area contributed by atoms with Crippen LogP contribution in [0, 0.1) is 39.5 Å². The van der Waals surface area contributed by atoms with Gasteiger partial charge in [0, 0.05) is 34.8 Å². The predicted molar refractivity (Wildman–Crippen MR) is 197 cm³/mol. The van der Waals surface area contributed by atoms with Crippen molar-refractivity contribution in [2.75, 3.05) is 6.54 Å². The summed E-state index contributed by atoms with van der Waals surface area (Å²) in [7, 11) is 0. The van der Waals surface area contributed by atoms with Gasteiger partial charge in [0.15, 0.2) is 0 Å². The molecule has 1 aliphatic rings. The molecule has 0 saturated heterocycles. The molecule has 6 rings (SSSR count). The number of pyridine rings is 1. The van der Waals surface area contributed by atoms with Gasteiger partial charge in [-0.2, -0.15) is 0 Å². The Hall–Kier alpha value is -4.04. The Labute approximate surface area is 272 Å². The van der Waals surface area contributed by atoms with Gasteiger partial charge in [0.1, 0.15) is 0 Å². The summed E-state index contributed by atoms with van der Waals surface area (Å²) >= 11 is 0. The van der Waals surface area contributed by atoms with E-state index in [0.29, 0.717) is 11.8 Å². The van der Waals surface area contributed by atoms with Crippen molar-refractivity contribution in [3.63, 3.8) is 0 Å². The zero-order valence-corrected chi connectivity index (χ0v) is 28.0. The van der Waals surface area contributed by atoms with Gasteiger partial charge in [-0.1, -0.05) is 93.8 Å². The van der Waals surface area contributed by atoms with Crippen molar-refractivity contribution >= 4 is 16.5 Å². The minimum Gasteiger partial charge on any atom is -0.284 e. The maximum absolute atomic E-state index is 4.86. The molecule has 2 nitrogen and oxygen atoms in total. The highest BCUT2D eigenvalue weighted by molar-refractivity contribution is 6.14. The van der Waals surface area contributed by atoms with E-state index in [1.54, 1.807) is 0 Å². The highest BCUT2D eigenvalue weighted by Gasteiger charge is 2.17. The molecule has 0 N–H and O–H groups in total. The molecule has 45 heavy (non-hydrogen) atoms. The highest BCUT2D eigenvalue weighted by Crippen LogP contribution is 2.29. The molecule has 0 fully saturated rings. The minimum atomic E-state index is 0. The third-order valence-electron chi connectivity index (χ3n) is 8.19. The maximum atomic E-state index is 4.86. The van der Waals surface area contributed by atoms with Gasteiger partial charge in [0.25, 0.3) is 0 Å². The zero-order valence-electron chi connectivity index (χ0n) is 28.0. The summed E-state index contributed by atoms with van der Waals surface area (Å²) in [5.74, 6) is 1.35. The monoisotopic (exact) mass is 596 g/mol. The Morgan fingerprint density at radius 2 is 1.18 bits per heavy atom. The van der Waals surface area contributed by atoms with E-state index in [1.807, 2.05) is 6.20 Å². The van der Waals surface area contributed by atoms with Crippen molar-refractivity contribution in [1.82, 2.24) is 4.98 Å². The first-order chi connectivity index (χ1) is 21.0. The van der Waals surface area contributed by atoms with E-state index < -0.39 is 0 Å². The van der Waals surface area contributed by atoms with E-state index in [9.17, 15) is 0 Å². The Balaban J connectivity index is 0.000000200. The fourth-order valence-electron chi connectivity index (χ4n) is 6.55. The van der Waals surface area contributed by atoms with Gasteiger partial charge in [0.2, 0.25) is 0 Å². The van der Waals surface area contributed by atoms with Gasteiger partial charge in [-0.3, -0.25) is 9.98 Å². The summed E-state index contributed by atoms with van der Waals surface area (Å²) in [4.78, 5) is 9.54. The number of benzene rings is 4. The first-order valence-electron chi connectivity index (χ1n) is 16.3. The average molecular weight is 597 g/mol. The second-order valence-corrected chi connectivity index (χ2v) is 13.6. The molecule has 0 saturated carbocycles. The largest absolute Gasteiger partial charge is 0.284 e. The van der Waals surface area contributed by atoms with Crippen molar-refractivity contribution in [3.05, 3.63) is 135 Å². The number of rotatable bonds is 6. The number of aryl methyl sites for hydroxylation is 4. The summed E-state index contributed by atoms with van der Waals surface area (Å²) in [5, 5.41) is 2.52.